The average Bonchev–Trinajstić information content (AvgIpc) is 3.17. The molecule has 0 spiro atoms. The number of rotatable bonds is 4. The lowest BCUT2D eigenvalue weighted by atomic mass is 10.2. The predicted molar refractivity (Wildman–Crippen MR) is 108 cm³/mol. The van der Waals surface area contributed by atoms with E-state index in [0.717, 1.165) is 43.4 Å². The average molecular weight is 352 g/mol. The Morgan fingerprint density at radius 1 is 0.846 bits per heavy atom. The van der Waals surface area contributed by atoms with Crippen molar-refractivity contribution < 1.29 is 0 Å². The lowest BCUT2D eigenvalue weighted by Gasteiger charge is -2.33. The highest BCUT2D eigenvalue weighted by Gasteiger charge is 2.17. The molecule has 2 aromatic rings. The van der Waals surface area contributed by atoms with Crippen LogP contribution in [-0.2, 0) is 0 Å². The van der Waals surface area contributed by atoms with Crippen molar-refractivity contribution in [2.45, 2.75) is 19.8 Å². The van der Waals surface area contributed by atoms with E-state index in [-0.39, 0.29) is 0 Å². The van der Waals surface area contributed by atoms with Crippen LogP contribution in [0.1, 0.15) is 18.5 Å². The molecule has 6 heteroatoms. The molecule has 2 saturated heterocycles. The second-order valence-electron chi connectivity index (χ2n) is 7.35. The molecule has 6 nitrogen and oxygen atoms in total. The second kappa shape index (κ2) is 7.50. The molecule has 0 unspecified atom stereocenters. The summed E-state index contributed by atoms with van der Waals surface area (Å²) in [5.74, 6) is 1.69. The quantitative estimate of drug-likeness (QED) is 0.913. The zero-order valence-electron chi connectivity index (χ0n) is 15.8. The zero-order valence-corrected chi connectivity index (χ0v) is 15.8. The molecule has 0 bridgehead atoms. The first-order valence-corrected chi connectivity index (χ1v) is 9.58. The highest BCUT2D eigenvalue weighted by molar-refractivity contribution is 5.60. The van der Waals surface area contributed by atoms with Crippen molar-refractivity contribution in [2.75, 3.05) is 61.4 Å². The number of piperazine rings is 1. The van der Waals surface area contributed by atoms with Gasteiger partial charge in [-0.2, -0.15) is 4.98 Å². The zero-order chi connectivity index (χ0) is 17.9. The van der Waals surface area contributed by atoms with Gasteiger partial charge in [-0.05, 0) is 51.1 Å². The van der Waals surface area contributed by atoms with Crippen LogP contribution in [0.3, 0.4) is 0 Å². The minimum absolute atomic E-state index is 0.674. The van der Waals surface area contributed by atoms with Crippen LogP contribution in [0.2, 0.25) is 0 Å². The Kier molecular flexibility index (Phi) is 4.93. The Morgan fingerprint density at radius 3 is 2.23 bits per heavy atom. The number of hydrogen-bond donors (Lipinski definition) is 1. The van der Waals surface area contributed by atoms with Crippen molar-refractivity contribution >= 4 is 23.1 Å². The minimum Gasteiger partial charge on any atom is -0.372 e. The Hall–Kier alpha value is -2.34. The fourth-order valence-electron chi connectivity index (χ4n) is 3.67. The van der Waals surface area contributed by atoms with Crippen LogP contribution < -0.4 is 15.1 Å². The molecule has 3 heterocycles. The first-order valence-electron chi connectivity index (χ1n) is 9.58. The molecule has 0 atom stereocenters. The van der Waals surface area contributed by atoms with Crippen LogP contribution in [0.5, 0.6) is 0 Å². The van der Waals surface area contributed by atoms with E-state index in [0.29, 0.717) is 5.95 Å². The molecule has 1 N–H and O–H groups in total. The SMILES string of the molecule is Cc1cc(N2CCN(C)CC2)nc(Nc2ccc(N3CCCC3)cc2)n1. The lowest BCUT2D eigenvalue weighted by Crippen LogP contribution is -2.44. The van der Waals surface area contributed by atoms with E-state index in [1.807, 2.05) is 6.92 Å². The van der Waals surface area contributed by atoms with E-state index in [2.05, 4.69) is 62.4 Å². The summed E-state index contributed by atoms with van der Waals surface area (Å²) in [5, 5.41) is 3.37. The van der Waals surface area contributed by atoms with E-state index in [9.17, 15) is 0 Å². The number of benzene rings is 1. The number of aromatic nitrogens is 2. The second-order valence-corrected chi connectivity index (χ2v) is 7.35. The molecule has 2 aliphatic heterocycles. The van der Waals surface area contributed by atoms with Gasteiger partial charge in [-0.3, -0.25) is 0 Å². The van der Waals surface area contributed by atoms with Gasteiger partial charge < -0.3 is 20.0 Å². The molecular formula is C20H28N6. The maximum absolute atomic E-state index is 4.75. The van der Waals surface area contributed by atoms with Gasteiger partial charge in [0.2, 0.25) is 5.95 Å². The number of nitrogens with one attached hydrogen (secondary N) is 1. The van der Waals surface area contributed by atoms with Crippen LogP contribution in [0.15, 0.2) is 30.3 Å². The highest BCUT2D eigenvalue weighted by atomic mass is 15.3. The third-order valence-corrected chi connectivity index (χ3v) is 5.26. The maximum atomic E-state index is 4.75. The smallest absolute Gasteiger partial charge is 0.229 e. The van der Waals surface area contributed by atoms with Gasteiger partial charge in [-0.25, -0.2) is 4.98 Å². The molecule has 1 aromatic carbocycles. The molecule has 26 heavy (non-hydrogen) atoms. The van der Waals surface area contributed by atoms with Crippen molar-refractivity contribution in [3.8, 4) is 0 Å². The van der Waals surface area contributed by atoms with Crippen molar-refractivity contribution in [1.82, 2.24) is 14.9 Å². The van der Waals surface area contributed by atoms with Crippen LogP contribution >= 0.6 is 0 Å². The van der Waals surface area contributed by atoms with Gasteiger partial charge in [-0.1, -0.05) is 0 Å². The summed E-state index contributed by atoms with van der Waals surface area (Å²) in [6, 6.07) is 10.7. The van der Waals surface area contributed by atoms with E-state index in [1.54, 1.807) is 0 Å². The summed E-state index contributed by atoms with van der Waals surface area (Å²) in [7, 11) is 2.17. The van der Waals surface area contributed by atoms with Crippen molar-refractivity contribution in [1.29, 1.82) is 0 Å². The van der Waals surface area contributed by atoms with Gasteiger partial charge in [0.1, 0.15) is 5.82 Å². The summed E-state index contributed by atoms with van der Waals surface area (Å²) in [6.45, 7) is 8.54. The summed E-state index contributed by atoms with van der Waals surface area (Å²) in [5.41, 5.74) is 3.32. The van der Waals surface area contributed by atoms with E-state index in [1.165, 1.54) is 31.6 Å². The van der Waals surface area contributed by atoms with Gasteiger partial charge >= 0.3 is 0 Å². The van der Waals surface area contributed by atoms with Gasteiger partial charge in [0.25, 0.3) is 0 Å². The first-order chi connectivity index (χ1) is 12.7. The summed E-state index contributed by atoms with van der Waals surface area (Å²) < 4.78 is 0. The number of aryl methyl sites for hydroxylation is 1. The van der Waals surface area contributed by atoms with Crippen molar-refractivity contribution in [2.24, 2.45) is 0 Å². The van der Waals surface area contributed by atoms with Gasteiger partial charge in [-0.15, -0.1) is 0 Å². The van der Waals surface area contributed by atoms with E-state index < -0.39 is 0 Å². The van der Waals surface area contributed by atoms with Gasteiger partial charge in [0.05, 0.1) is 0 Å². The van der Waals surface area contributed by atoms with Crippen LogP contribution in [0.4, 0.5) is 23.1 Å². The fourth-order valence-corrected chi connectivity index (χ4v) is 3.67. The largest absolute Gasteiger partial charge is 0.372 e. The third kappa shape index (κ3) is 3.90. The van der Waals surface area contributed by atoms with Crippen LogP contribution in [0.25, 0.3) is 0 Å². The predicted octanol–water partition coefficient (Wildman–Crippen LogP) is 2.88. The Morgan fingerprint density at radius 2 is 1.54 bits per heavy atom. The number of hydrogen-bond acceptors (Lipinski definition) is 6. The Labute approximate surface area is 155 Å². The van der Waals surface area contributed by atoms with Crippen molar-refractivity contribution in [3.63, 3.8) is 0 Å². The molecule has 138 valence electrons. The Balaban J connectivity index is 1.47. The summed E-state index contributed by atoms with van der Waals surface area (Å²) in [6.07, 6.45) is 2.60. The molecule has 1 aromatic heterocycles. The van der Waals surface area contributed by atoms with Crippen LogP contribution in [0, 0.1) is 6.92 Å². The molecule has 2 fully saturated rings. The standard InChI is InChI=1S/C20H28N6/c1-16-15-19(26-13-11-24(2)12-14-26)23-20(21-16)22-17-5-7-18(8-6-17)25-9-3-4-10-25/h5-8,15H,3-4,9-14H2,1-2H3,(H,21,22,23). The molecule has 4 rings (SSSR count). The normalized spacial score (nSPS) is 18.4. The lowest BCUT2D eigenvalue weighted by molar-refractivity contribution is 0.312. The first kappa shape index (κ1) is 17.1. The number of anilines is 4. The highest BCUT2D eigenvalue weighted by Crippen LogP contribution is 2.24. The third-order valence-electron chi connectivity index (χ3n) is 5.26. The van der Waals surface area contributed by atoms with Gasteiger partial charge in [0.15, 0.2) is 0 Å². The summed E-state index contributed by atoms with van der Waals surface area (Å²) >= 11 is 0. The topological polar surface area (TPSA) is 47.5 Å². The fraction of sp³-hybridized carbons (Fsp3) is 0.500. The summed E-state index contributed by atoms with van der Waals surface area (Å²) in [4.78, 5) is 16.5. The molecule has 0 saturated carbocycles. The van der Waals surface area contributed by atoms with E-state index in [4.69, 9.17) is 4.98 Å². The molecule has 2 aliphatic rings. The number of nitrogens with zero attached hydrogens (tertiary/aromatic N) is 5. The van der Waals surface area contributed by atoms with E-state index >= 15 is 0 Å². The van der Waals surface area contributed by atoms with Gasteiger partial charge in [0, 0.05) is 62.4 Å². The van der Waals surface area contributed by atoms with Crippen molar-refractivity contribution in [3.05, 3.63) is 36.0 Å². The minimum atomic E-state index is 0.674. The number of likely N-dealkylation sites (N-methyl/N-ethyl adjacent to an activating group) is 1. The Bertz CT molecular complexity index is 730. The van der Waals surface area contributed by atoms with Crippen LogP contribution in [-0.4, -0.2) is 61.2 Å². The molecular weight excluding hydrogens is 324 g/mol. The molecule has 0 radical (unpaired) electrons. The molecule has 0 amide bonds. The monoisotopic (exact) mass is 352 g/mol. The maximum Gasteiger partial charge on any atom is 0.229 e. The molecule has 0 aliphatic carbocycles.